The third-order valence-corrected chi connectivity index (χ3v) is 6.16. The highest BCUT2D eigenvalue weighted by Crippen LogP contribution is 2.35. The summed E-state index contributed by atoms with van der Waals surface area (Å²) in [5.74, 6) is 0.708. The van der Waals surface area contributed by atoms with Gasteiger partial charge in [-0.25, -0.2) is 4.98 Å². The molecule has 0 N–H and O–H groups in total. The third-order valence-electron chi connectivity index (χ3n) is 4.27. The Kier molecular flexibility index (Phi) is 4.90. The first kappa shape index (κ1) is 17.8. The van der Waals surface area contributed by atoms with Gasteiger partial charge in [0, 0.05) is 22.8 Å². The Morgan fingerprint density at radius 2 is 1.52 bits per heavy atom. The molecule has 3 aromatic heterocycles. The molecule has 0 saturated heterocycles. The van der Waals surface area contributed by atoms with Crippen LogP contribution in [0.5, 0.6) is 0 Å². The van der Waals surface area contributed by atoms with E-state index in [2.05, 4.69) is 32.7 Å². The molecule has 0 aliphatic heterocycles. The van der Waals surface area contributed by atoms with Crippen molar-refractivity contribution in [3.8, 4) is 28.5 Å². The second-order valence-corrected chi connectivity index (χ2v) is 8.23. The maximum Gasteiger partial charge on any atom is 0.203 e. The van der Waals surface area contributed by atoms with Gasteiger partial charge in [-0.05, 0) is 36.0 Å². The molecule has 3 heterocycles. The zero-order valence-corrected chi connectivity index (χ0v) is 16.8. The summed E-state index contributed by atoms with van der Waals surface area (Å²) in [4.78, 5) is 9.23. The van der Waals surface area contributed by atoms with E-state index in [0.29, 0.717) is 5.82 Å². The van der Waals surface area contributed by atoms with Crippen LogP contribution in [-0.4, -0.2) is 24.7 Å². The molecule has 5 nitrogen and oxygen atoms in total. The Morgan fingerprint density at radius 1 is 0.759 bits per heavy atom. The van der Waals surface area contributed by atoms with Gasteiger partial charge in [-0.15, -0.1) is 21.5 Å². The van der Waals surface area contributed by atoms with E-state index in [1.54, 1.807) is 17.5 Å². The zero-order chi connectivity index (χ0) is 19.5. The van der Waals surface area contributed by atoms with Gasteiger partial charge in [0.2, 0.25) is 5.16 Å². The van der Waals surface area contributed by atoms with Gasteiger partial charge in [-0.3, -0.25) is 9.55 Å². The van der Waals surface area contributed by atoms with Gasteiger partial charge in [0.25, 0.3) is 0 Å². The summed E-state index contributed by atoms with van der Waals surface area (Å²) in [6.07, 6.45) is 1.76. The second kappa shape index (κ2) is 7.98. The van der Waals surface area contributed by atoms with Crippen LogP contribution in [0.15, 0.2) is 99.9 Å². The quantitative estimate of drug-likeness (QED) is 0.375. The smallest absolute Gasteiger partial charge is 0.203 e. The van der Waals surface area contributed by atoms with Crippen LogP contribution >= 0.6 is 23.1 Å². The maximum atomic E-state index is 4.78. The molecular formula is C22H15N5S2. The predicted molar refractivity (Wildman–Crippen MR) is 116 cm³/mol. The van der Waals surface area contributed by atoms with Crippen LogP contribution < -0.4 is 0 Å². The summed E-state index contributed by atoms with van der Waals surface area (Å²) in [5.41, 5.74) is 3.84. The fourth-order valence-electron chi connectivity index (χ4n) is 2.93. The van der Waals surface area contributed by atoms with E-state index in [-0.39, 0.29) is 0 Å². The van der Waals surface area contributed by atoms with Crippen molar-refractivity contribution in [3.63, 3.8) is 0 Å². The van der Waals surface area contributed by atoms with Crippen LogP contribution in [0.2, 0.25) is 0 Å². The highest BCUT2D eigenvalue weighted by atomic mass is 32.2. The first-order valence-electron chi connectivity index (χ1n) is 8.99. The molecule has 0 aliphatic carbocycles. The Bertz CT molecular complexity index is 1220. The number of hydrogen-bond donors (Lipinski definition) is 0. The molecule has 0 amide bonds. The van der Waals surface area contributed by atoms with Crippen LogP contribution in [0, 0.1) is 0 Å². The molecule has 5 aromatic rings. The number of rotatable bonds is 5. The van der Waals surface area contributed by atoms with E-state index in [1.165, 1.54) is 11.8 Å². The number of nitrogens with zero attached hydrogens (tertiary/aromatic N) is 5. The Balaban J connectivity index is 1.54. The average Bonchev–Trinajstić information content (AvgIpc) is 3.43. The molecule has 2 aromatic carbocycles. The standard InChI is InChI=1S/C22H15N5S2/c1-3-9-16(10-4-1)19-15-28-22(24-19)29-21-26-25-20(18-13-7-8-14-23-18)27(21)17-11-5-2-6-12-17/h1-15H. The van der Waals surface area contributed by atoms with E-state index in [9.17, 15) is 0 Å². The van der Waals surface area contributed by atoms with Gasteiger partial charge in [-0.2, -0.15) is 0 Å². The summed E-state index contributed by atoms with van der Waals surface area (Å²) in [5, 5.41) is 11.7. The fraction of sp³-hybridized carbons (Fsp3) is 0. The van der Waals surface area contributed by atoms with Gasteiger partial charge < -0.3 is 0 Å². The van der Waals surface area contributed by atoms with Crippen molar-refractivity contribution in [3.05, 3.63) is 90.4 Å². The summed E-state index contributed by atoms with van der Waals surface area (Å²) in [6.45, 7) is 0. The second-order valence-electron chi connectivity index (χ2n) is 6.16. The van der Waals surface area contributed by atoms with Crippen molar-refractivity contribution in [2.75, 3.05) is 0 Å². The SMILES string of the molecule is c1ccc(-c2csc(Sc3nnc(-c4ccccn4)n3-c3ccccc3)n2)cc1. The van der Waals surface area contributed by atoms with Gasteiger partial charge in [0.15, 0.2) is 10.2 Å². The van der Waals surface area contributed by atoms with Gasteiger partial charge in [-0.1, -0.05) is 54.6 Å². The van der Waals surface area contributed by atoms with Crippen molar-refractivity contribution >= 4 is 23.1 Å². The molecule has 0 bridgehead atoms. The van der Waals surface area contributed by atoms with Gasteiger partial charge >= 0.3 is 0 Å². The zero-order valence-electron chi connectivity index (χ0n) is 15.2. The minimum absolute atomic E-state index is 0.708. The molecule has 7 heteroatoms. The molecule has 0 fully saturated rings. The first-order valence-corrected chi connectivity index (χ1v) is 10.7. The molecular weight excluding hydrogens is 398 g/mol. The molecule has 5 rings (SSSR count). The average molecular weight is 414 g/mol. The van der Waals surface area contributed by atoms with E-state index >= 15 is 0 Å². The van der Waals surface area contributed by atoms with E-state index in [0.717, 1.165) is 32.1 Å². The lowest BCUT2D eigenvalue weighted by atomic mass is 10.2. The van der Waals surface area contributed by atoms with Crippen LogP contribution in [0.1, 0.15) is 0 Å². The normalized spacial score (nSPS) is 10.9. The fourth-order valence-corrected chi connectivity index (χ4v) is 4.71. The van der Waals surface area contributed by atoms with Crippen molar-refractivity contribution < 1.29 is 0 Å². The lowest BCUT2D eigenvalue weighted by molar-refractivity contribution is 0.884. The first-order chi connectivity index (χ1) is 14.4. The monoisotopic (exact) mass is 413 g/mol. The summed E-state index contributed by atoms with van der Waals surface area (Å²) >= 11 is 3.11. The Labute approximate surface area is 176 Å². The largest absolute Gasteiger partial charge is 0.268 e. The van der Waals surface area contributed by atoms with E-state index in [4.69, 9.17) is 4.98 Å². The van der Waals surface area contributed by atoms with E-state index < -0.39 is 0 Å². The molecule has 0 radical (unpaired) electrons. The lowest BCUT2D eigenvalue weighted by Crippen LogP contribution is -2.00. The number of para-hydroxylation sites is 1. The summed E-state index contributed by atoms with van der Waals surface area (Å²) in [7, 11) is 0. The molecule has 0 aliphatic rings. The molecule has 29 heavy (non-hydrogen) atoms. The summed E-state index contributed by atoms with van der Waals surface area (Å²) in [6, 6.07) is 26.0. The number of aromatic nitrogens is 5. The maximum absolute atomic E-state index is 4.78. The molecule has 0 unspecified atom stereocenters. The molecule has 140 valence electrons. The van der Waals surface area contributed by atoms with E-state index in [1.807, 2.05) is 71.3 Å². The molecule has 0 atom stereocenters. The van der Waals surface area contributed by atoms with Crippen molar-refractivity contribution in [1.29, 1.82) is 0 Å². The highest BCUT2D eigenvalue weighted by molar-refractivity contribution is 8.00. The Morgan fingerprint density at radius 3 is 2.28 bits per heavy atom. The minimum Gasteiger partial charge on any atom is -0.268 e. The van der Waals surface area contributed by atoms with Crippen LogP contribution in [-0.2, 0) is 0 Å². The lowest BCUT2D eigenvalue weighted by Gasteiger charge is -2.09. The van der Waals surface area contributed by atoms with Gasteiger partial charge in [0.05, 0.1) is 5.69 Å². The minimum atomic E-state index is 0.708. The van der Waals surface area contributed by atoms with Crippen LogP contribution in [0.4, 0.5) is 0 Å². The number of thiazole rings is 1. The summed E-state index contributed by atoms with van der Waals surface area (Å²) < 4.78 is 2.94. The topological polar surface area (TPSA) is 56.5 Å². The Hall–Kier alpha value is -3.29. The van der Waals surface area contributed by atoms with Crippen molar-refractivity contribution in [2.45, 2.75) is 9.50 Å². The molecule has 0 saturated carbocycles. The van der Waals surface area contributed by atoms with Crippen molar-refractivity contribution in [1.82, 2.24) is 24.7 Å². The molecule has 0 spiro atoms. The number of pyridine rings is 1. The van der Waals surface area contributed by atoms with Crippen LogP contribution in [0.3, 0.4) is 0 Å². The van der Waals surface area contributed by atoms with Gasteiger partial charge in [0.1, 0.15) is 5.69 Å². The predicted octanol–water partition coefficient (Wildman–Crippen LogP) is 5.60. The number of hydrogen-bond acceptors (Lipinski definition) is 6. The highest BCUT2D eigenvalue weighted by Gasteiger charge is 2.18. The third kappa shape index (κ3) is 3.70. The number of benzene rings is 2. The van der Waals surface area contributed by atoms with Crippen molar-refractivity contribution in [2.24, 2.45) is 0 Å². The van der Waals surface area contributed by atoms with Crippen LogP contribution in [0.25, 0.3) is 28.5 Å².